The van der Waals surface area contributed by atoms with Gasteiger partial charge in [0, 0.05) is 22.3 Å². The van der Waals surface area contributed by atoms with Crippen LogP contribution in [0.15, 0.2) is 30.0 Å². The van der Waals surface area contributed by atoms with Gasteiger partial charge in [-0.05, 0) is 60.4 Å². The molecule has 1 atom stereocenters. The summed E-state index contributed by atoms with van der Waals surface area (Å²) in [5.74, 6) is -1.00. The summed E-state index contributed by atoms with van der Waals surface area (Å²) in [6, 6.07) is 3.43. The number of halogens is 3. The molecule has 0 saturated heterocycles. The van der Waals surface area contributed by atoms with Gasteiger partial charge in [0.15, 0.2) is 0 Å². The van der Waals surface area contributed by atoms with Crippen molar-refractivity contribution < 1.29 is 27.8 Å². The number of nitrogens with one attached hydrogen (secondary N) is 1. The summed E-state index contributed by atoms with van der Waals surface area (Å²) in [7, 11) is 0. The highest BCUT2D eigenvalue weighted by molar-refractivity contribution is 5.88. The molecule has 2 rings (SSSR count). The Bertz CT molecular complexity index is 788. The van der Waals surface area contributed by atoms with Gasteiger partial charge in [0.2, 0.25) is 0 Å². The summed E-state index contributed by atoms with van der Waals surface area (Å²) >= 11 is 0. The molecule has 7 heteroatoms. The molecule has 1 N–H and O–H groups in total. The van der Waals surface area contributed by atoms with Crippen molar-refractivity contribution in [2.24, 2.45) is 5.92 Å². The van der Waals surface area contributed by atoms with Crippen molar-refractivity contribution in [3.05, 3.63) is 52.2 Å². The Kier molecular flexibility index (Phi) is 10.4. The lowest BCUT2D eigenvalue weighted by molar-refractivity contribution is -0.178. The van der Waals surface area contributed by atoms with Crippen molar-refractivity contribution in [2.75, 3.05) is 0 Å². The number of carbonyl (C=O) groups excluding carboxylic acids is 2. The second kappa shape index (κ2) is 12.2. The van der Waals surface area contributed by atoms with Gasteiger partial charge < -0.3 is 10.1 Å². The van der Waals surface area contributed by atoms with Gasteiger partial charge in [-0.25, -0.2) is 18.5 Å². The molecule has 1 aromatic carbocycles. The third-order valence-corrected chi connectivity index (χ3v) is 4.99. The van der Waals surface area contributed by atoms with Crippen LogP contribution in [0.4, 0.5) is 13.3 Å². The fourth-order valence-electron chi connectivity index (χ4n) is 3.60. The average Bonchev–Trinajstić information content (AvgIpc) is 2.72. The summed E-state index contributed by atoms with van der Waals surface area (Å²) in [6.07, 6.45) is 2.86. The summed E-state index contributed by atoms with van der Waals surface area (Å²) in [4.78, 5) is 23.1. The lowest BCUT2D eigenvalue weighted by atomic mass is 9.84. The molecule has 4 nitrogen and oxygen atoms in total. The largest absolute Gasteiger partial charge is 0.388 e. The molecule has 1 aromatic rings. The van der Waals surface area contributed by atoms with E-state index in [-0.39, 0.29) is 29.5 Å². The molecule has 1 heterocycles. The molecular weight excluding hydrogens is 395 g/mol. The van der Waals surface area contributed by atoms with Crippen LogP contribution in [0.1, 0.15) is 69.2 Å². The van der Waals surface area contributed by atoms with E-state index in [0.29, 0.717) is 18.4 Å². The highest BCUT2D eigenvalue weighted by Gasteiger charge is 2.22. The van der Waals surface area contributed by atoms with Gasteiger partial charge in [0.05, 0.1) is 5.57 Å². The Labute approximate surface area is 176 Å². The molecule has 0 radical (unpaired) electrons. The lowest BCUT2D eigenvalue weighted by Crippen LogP contribution is -2.26. The number of fused-ring (bicyclic) bond motifs is 1. The van der Waals surface area contributed by atoms with Crippen LogP contribution in [0.25, 0.3) is 5.57 Å². The minimum absolute atomic E-state index is 0.0478. The Hall–Kier alpha value is -2.57. The summed E-state index contributed by atoms with van der Waals surface area (Å²) in [5.41, 5.74) is 3.52. The molecule has 1 aliphatic heterocycles. The monoisotopic (exact) mass is 425 g/mol. The Morgan fingerprint density at radius 2 is 1.97 bits per heavy atom. The molecule has 166 valence electrons. The highest BCUT2D eigenvalue weighted by Crippen LogP contribution is 2.35. The molecule has 1 aliphatic rings. The van der Waals surface area contributed by atoms with Crippen molar-refractivity contribution in [3.8, 4) is 0 Å². The predicted molar refractivity (Wildman–Crippen MR) is 112 cm³/mol. The van der Waals surface area contributed by atoms with Gasteiger partial charge >= 0.3 is 5.97 Å². The predicted octanol–water partition coefficient (Wildman–Crippen LogP) is 5.67. The van der Waals surface area contributed by atoms with Gasteiger partial charge in [-0.15, -0.1) is 0 Å². The smallest absolute Gasteiger partial charge is 0.377 e. The Morgan fingerprint density at radius 1 is 1.30 bits per heavy atom. The Morgan fingerprint density at radius 3 is 2.50 bits per heavy atom. The van der Waals surface area contributed by atoms with Crippen LogP contribution < -0.4 is 5.32 Å². The van der Waals surface area contributed by atoms with E-state index < -0.39 is 12.4 Å². The van der Waals surface area contributed by atoms with Crippen molar-refractivity contribution in [3.63, 3.8) is 0 Å². The molecule has 30 heavy (non-hydrogen) atoms. The molecule has 0 amide bonds. The first-order valence-corrected chi connectivity index (χ1v) is 9.99. The van der Waals surface area contributed by atoms with Crippen LogP contribution in [0.5, 0.6) is 0 Å². The first-order valence-electron chi connectivity index (χ1n) is 9.99. The maximum absolute atomic E-state index is 13.7. The van der Waals surface area contributed by atoms with Crippen molar-refractivity contribution >= 4 is 18.3 Å². The van der Waals surface area contributed by atoms with E-state index in [9.17, 15) is 18.1 Å². The van der Waals surface area contributed by atoms with Gasteiger partial charge in [-0.2, -0.15) is 0 Å². The van der Waals surface area contributed by atoms with E-state index in [2.05, 4.69) is 10.3 Å². The van der Waals surface area contributed by atoms with E-state index in [1.165, 1.54) is 6.20 Å². The van der Waals surface area contributed by atoms with Crippen molar-refractivity contribution in [1.82, 2.24) is 5.32 Å². The van der Waals surface area contributed by atoms with Crippen molar-refractivity contribution in [1.29, 1.82) is 0 Å². The minimum Gasteiger partial charge on any atom is -0.388 e. The molecule has 0 saturated carbocycles. The van der Waals surface area contributed by atoms with E-state index in [4.69, 9.17) is 4.79 Å². The van der Waals surface area contributed by atoms with Crippen LogP contribution in [0, 0.1) is 5.92 Å². The van der Waals surface area contributed by atoms with Gasteiger partial charge in [0.1, 0.15) is 6.79 Å². The molecular formula is C23H30F3NO3. The zero-order valence-electron chi connectivity index (χ0n) is 17.9. The van der Waals surface area contributed by atoms with Crippen LogP contribution in [0.3, 0.4) is 0 Å². The maximum Gasteiger partial charge on any atom is 0.377 e. The lowest BCUT2D eigenvalue weighted by Gasteiger charge is -2.24. The number of carbonyl (C=O) groups is 2. The third kappa shape index (κ3) is 6.47. The van der Waals surface area contributed by atoms with Crippen LogP contribution in [-0.2, 0) is 27.4 Å². The van der Waals surface area contributed by atoms with Crippen LogP contribution in [0.2, 0.25) is 0 Å². The van der Waals surface area contributed by atoms with E-state index in [0.717, 1.165) is 23.1 Å². The number of hydrogen-bond acceptors (Lipinski definition) is 4. The number of alkyl halides is 2. The molecule has 0 spiro atoms. The fraction of sp³-hybridized carbons (Fsp3) is 0.478. The van der Waals surface area contributed by atoms with E-state index in [1.54, 1.807) is 12.1 Å². The first kappa shape index (κ1) is 25.5. The Balaban J connectivity index is 0.00000218. The molecule has 1 unspecified atom stereocenters. The fourth-order valence-corrected chi connectivity index (χ4v) is 3.60. The normalized spacial score (nSPS) is 20.0. The van der Waals surface area contributed by atoms with E-state index in [1.807, 2.05) is 40.6 Å². The van der Waals surface area contributed by atoms with Crippen LogP contribution in [-0.4, -0.2) is 18.8 Å². The first-order chi connectivity index (χ1) is 14.3. The maximum atomic E-state index is 13.7. The second-order valence-electron chi connectivity index (χ2n) is 7.58. The second-order valence-corrected chi connectivity index (χ2v) is 7.58. The summed E-state index contributed by atoms with van der Waals surface area (Å²) in [6.45, 7) is 9.85. The van der Waals surface area contributed by atoms with Crippen molar-refractivity contribution in [2.45, 2.75) is 65.8 Å². The number of allylic oxidation sites excluding steroid dienone is 2. The molecule has 0 bridgehead atoms. The van der Waals surface area contributed by atoms with E-state index >= 15 is 0 Å². The minimum atomic E-state index is -2.55. The standard InChI is InChI=1S/C22H28F3NO2.CH2O/c1-5-6-15-10-17-9-14(4)26-12-16(22(27)28-25)7-8-18(13(2)3)19(17)11-20(15)21(23)24;1-2/h8,10-14,21,26H,5-7,9H2,1-4H3;1H2/b16-12+,18-8+;. The molecule has 0 aliphatic carbocycles. The van der Waals surface area contributed by atoms with Gasteiger partial charge in [-0.1, -0.05) is 39.3 Å². The number of benzene rings is 1. The topological polar surface area (TPSA) is 55.4 Å². The van der Waals surface area contributed by atoms with Gasteiger partial charge in [-0.3, -0.25) is 0 Å². The number of hydrogen-bond donors (Lipinski definition) is 1. The third-order valence-electron chi connectivity index (χ3n) is 4.99. The molecule has 0 fully saturated rings. The van der Waals surface area contributed by atoms with Gasteiger partial charge in [0.25, 0.3) is 6.43 Å². The quantitative estimate of drug-likeness (QED) is 0.661. The zero-order valence-corrected chi connectivity index (χ0v) is 17.9. The number of rotatable bonds is 5. The molecule has 0 aromatic heterocycles. The SMILES string of the molecule is C=O.CCCc1cc2c(cc1C(F)F)/C(C(C)C)=C/C/C(C(=O)OF)=C\NC(C)C2. The zero-order chi connectivity index (χ0) is 22.8. The number of aryl methyl sites for hydroxylation is 1. The summed E-state index contributed by atoms with van der Waals surface area (Å²) < 4.78 is 39.9. The highest BCUT2D eigenvalue weighted by atomic mass is 19.3. The summed E-state index contributed by atoms with van der Waals surface area (Å²) in [5, 5.41) is 3.08. The van der Waals surface area contributed by atoms with Crippen LogP contribution >= 0.6 is 0 Å². The average molecular weight is 425 g/mol.